The Kier molecular flexibility index (Phi) is 1.71. The van der Waals surface area contributed by atoms with E-state index in [2.05, 4.69) is 14.7 Å². The molecule has 5 heteroatoms. The topological polar surface area (TPSA) is 56.0 Å². The predicted molar refractivity (Wildman–Crippen MR) is 43.0 cm³/mol. The molecule has 0 radical (unpaired) electrons. The summed E-state index contributed by atoms with van der Waals surface area (Å²) in [5.74, 6) is 0.465. The van der Waals surface area contributed by atoms with Gasteiger partial charge in [-0.25, -0.2) is 0 Å². The fourth-order valence-corrected chi connectivity index (χ4v) is 1.66. The van der Waals surface area contributed by atoms with Crippen LogP contribution in [-0.4, -0.2) is 16.4 Å². The van der Waals surface area contributed by atoms with Gasteiger partial charge in [-0.1, -0.05) is 5.16 Å². The molecule has 2 heterocycles. The Labute approximate surface area is 71.8 Å². The number of aromatic nitrogens is 2. The van der Waals surface area contributed by atoms with Crippen LogP contribution in [-0.2, 0) is 0 Å². The first-order valence-electron chi connectivity index (χ1n) is 3.21. The Hall–Kier alpha value is -1.49. The van der Waals surface area contributed by atoms with Gasteiger partial charge >= 0.3 is 0 Å². The second kappa shape index (κ2) is 2.86. The first-order chi connectivity index (χ1) is 5.92. The summed E-state index contributed by atoms with van der Waals surface area (Å²) in [4.78, 5) is 15.1. The first-order valence-corrected chi connectivity index (χ1v) is 4.09. The molecule has 4 nitrogen and oxygen atoms in total. The minimum Gasteiger partial charge on any atom is -0.342 e. The third-order valence-electron chi connectivity index (χ3n) is 1.39. The average molecular weight is 180 g/mol. The number of carbonyl (C=O) groups is 1. The molecular weight excluding hydrogens is 176 g/mol. The fraction of sp³-hybridized carbons (Fsp3) is 0. The van der Waals surface area contributed by atoms with Crippen molar-refractivity contribution in [2.45, 2.75) is 0 Å². The molecular formula is C7H4N2O2S. The lowest BCUT2D eigenvalue weighted by Gasteiger charge is -1.86. The zero-order valence-electron chi connectivity index (χ0n) is 5.93. The maximum absolute atomic E-state index is 10.5. The molecule has 0 atom stereocenters. The monoisotopic (exact) mass is 180 g/mol. The Morgan fingerprint density at radius 1 is 1.58 bits per heavy atom. The van der Waals surface area contributed by atoms with Crippen LogP contribution in [0.15, 0.2) is 22.4 Å². The zero-order valence-corrected chi connectivity index (χ0v) is 6.75. The van der Waals surface area contributed by atoms with Crippen molar-refractivity contribution < 1.29 is 9.32 Å². The maximum atomic E-state index is 10.5. The highest BCUT2D eigenvalue weighted by molar-refractivity contribution is 7.13. The van der Waals surface area contributed by atoms with Crippen molar-refractivity contribution in [2.75, 3.05) is 0 Å². The van der Waals surface area contributed by atoms with Gasteiger partial charge in [0.25, 0.3) is 0 Å². The van der Waals surface area contributed by atoms with Crippen LogP contribution in [0.3, 0.4) is 0 Å². The summed E-state index contributed by atoms with van der Waals surface area (Å²) >= 11 is 1.42. The quantitative estimate of drug-likeness (QED) is 0.659. The minimum atomic E-state index is 0.465. The summed E-state index contributed by atoms with van der Waals surface area (Å²) in [7, 11) is 0. The molecule has 0 spiro atoms. The lowest BCUT2D eigenvalue weighted by atomic mass is 10.3. The van der Waals surface area contributed by atoms with Gasteiger partial charge in [-0.2, -0.15) is 4.98 Å². The van der Waals surface area contributed by atoms with Crippen LogP contribution >= 0.6 is 11.3 Å². The van der Waals surface area contributed by atoms with Crippen LogP contribution in [0.4, 0.5) is 0 Å². The van der Waals surface area contributed by atoms with Crippen LogP contribution in [0, 0.1) is 0 Å². The van der Waals surface area contributed by atoms with E-state index in [-0.39, 0.29) is 0 Å². The Bertz CT molecular complexity index is 380. The average Bonchev–Trinajstić information content (AvgIpc) is 2.74. The summed E-state index contributed by atoms with van der Waals surface area (Å²) < 4.78 is 4.57. The van der Waals surface area contributed by atoms with Crippen LogP contribution in [0.5, 0.6) is 0 Å². The third kappa shape index (κ3) is 1.04. The molecule has 0 amide bonds. The lowest BCUT2D eigenvalue weighted by Crippen LogP contribution is -1.81. The second-order valence-electron chi connectivity index (χ2n) is 2.08. The normalized spacial score (nSPS) is 10.0. The van der Waals surface area contributed by atoms with Crippen molar-refractivity contribution in [1.29, 1.82) is 0 Å². The number of hydrogen-bond acceptors (Lipinski definition) is 5. The van der Waals surface area contributed by atoms with E-state index in [0.29, 0.717) is 11.4 Å². The zero-order chi connectivity index (χ0) is 8.39. The Balaban J connectivity index is 2.53. The number of nitrogens with zero attached hydrogens (tertiary/aromatic N) is 2. The summed E-state index contributed by atoms with van der Waals surface area (Å²) in [6, 6.07) is 1.73. The number of rotatable bonds is 2. The number of aldehydes is 1. The highest BCUT2D eigenvalue weighted by Crippen LogP contribution is 2.24. The van der Waals surface area contributed by atoms with Crippen LogP contribution < -0.4 is 0 Å². The number of carbonyl (C=O) groups excluding carboxylic acids is 1. The van der Waals surface area contributed by atoms with Crippen LogP contribution in [0.25, 0.3) is 10.7 Å². The Morgan fingerprint density at radius 3 is 3.17 bits per heavy atom. The molecule has 0 bridgehead atoms. The third-order valence-corrected chi connectivity index (χ3v) is 2.31. The van der Waals surface area contributed by atoms with E-state index >= 15 is 0 Å². The molecule has 0 N–H and O–H groups in total. The standard InChI is InChI=1S/C7H4N2O2S/c10-3-5-1-2-12-6(5)7-8-4-11-9-7/h1-4H. The van der Waals surface area contributed by atoms with Crippen molar-refractivity contribution >= 4 is 17.6 Å². The highest BCUT2D eigenvalue weighted by atomic mass is 32.1. The number of thiophene rings is 1. The SMILES string of the molecule is O=Cc1ccsc1-c1ncon1. The van der Waals surface area contributed by atoms with E-state index in [1.807, 2.05) is 5.38 Å². The van der Waals surface area contributed by atoms with E-state index < -0.39 is 0 Å². The smallest absolute Gasteiger partial charge is 0.214 e. The molecule has 0 saturated heterocycles. The molecule has 0 unspecified atom stereocenters. The summed E-state index contributed by atoms with van der Waals surface area (Å²) in [6.45, 7) is 0. The van der Waals surface area contributed by atoms with Crippen molar-refractivity contribution in [3.05, 3.63) is 23.4 Å². The van der Waals surface area contributed by atoms with Gasteiger partial charge in [0, 0.05) is 5.56 Å². The van der Waals surface area contributed by atoms with Gasteiger partial charge in [0.1, 0.15) is 0 Å². The van der Waals surface area contributed by atoms with Gasteiger partial charge in [-0.05, 0) is 11.4 Å². The van der Waals surface area contributed by atoms with Crippen LogP contribution in [0.1, 0.15) is 10.4 Å². The molecule has 0 aliphatic rings. The van der Waals surface area contributed by atoms with E-state index in [4.69, 9.17) is 0 Å². The second-order valence-corrected chi connectivity index (χ2v) is 2.99. The molecule has 2 aromatic heterocycles. The molecule has 0 aliphatic heterocycles. The van der Waals surface area contributed by atoms with Gasteiger partial charge in [-0.3, -0.25) is 4.79 Å². The molecule has 60 valence electrons. The minimum absolute atomic E-state index is 0.465. The maximum Gasteiger partial charge on any atom is 0.214 e. The predicted octanol–water partition coefficient (Wildman–Crippen LogP) is 1.61. The van der Waals surface area contributed by atoms with Crippen molar-refractivity contribution in [3.8, 4) is 10.7 Å². The van der Waals surface area contributed by atoms with E-state index in [1.54, 1.807) is 6.07 Å². The van der Waals surface area contributed by atoms with E-state index in [1.165, 1.54) is 17.7 Å². The fourth-order valence-electron chi connectivity index (χ4n) is 0.864. The van der Waals surface area contributed by atoms with Gasteiger partial charge in [-0.15, -0.1) is 11.3 Å². The summed E-state index contributed by atoms with van der Waals surface area (Å²) in [5, 5.41) is 5.45. The summed E-state index contributed by atoms with van der Waals surface area (Å²) in [5.41, 5.74) is 0.599. The molecule has 0 saturated carbocycles. The van der Waals surface area contributed by atoms with Gasteiger partial charge in [0.2, 0.25) is 12.2 Å². The van der Waals surface area contributed by atoms with Gasteiger partial charge in [0.05, 0.1) is 4.88 Å². The lowest BCUT2D eigenvalue weighted by molar-refractivity contribution is 0.112. The Morgan fingerprint density at radius 2 is 2.50 bits per heavy atom. The first kappa shape index (κ1) is 7.17. The molecule has 0 aliphatic carbocycles. The number of hydrogen-bond donors (Lipinski definition) is 0. The summed E-state index contributed by atoms with van der Waals surface area (Å²) in [6.07, 6.45) is 2.02. The van der Waals surface area contributed by atoms with Crippen molar-refractivity contribution in [3.63, 3.8) is 0 Å². The molecule has 12 heavy (non-hydrogen) atoms. The largest absolute Gasteiger partial charge is 0.342 e. The molecule has 2 rings (SSSR count). The van der Waals surface area contributed by atoms with Crippen molar-refractivity contribution in [1.82, 2.24) is 10.1 Å². The van der Waals surface area contributed by atoms with E-state index in [0.717, 1.165) is 11.2 Å². The molecule has 2 aromatic rings. The highest BCUT2D eigenvalue weighted by Gasteiger charge is 2.09. The van der Waals surface area contributed by atoms with Crippen LogP contribution in [0.2, 0.25) is 0 Å². The molecule has 0 fully saturated rings. The van der Waals surface area contributed by atoms with E-state index in [9.17, 15) is 4.79 Å². The van der Waals surface area contributed by atoms with Gasteiger partial charge < -0.3 is 4.52 Å². The van der Waals surface area contributed by atoms with Crippen molar-refractivity contribution in [2.24, 2.45) is 0 Å². The molecule has 0 aromatic carbocycles. The van der Waals surface area contributed by atoms with Gasteiger partial charge in [0.15, 0.2) is 6.29 Å².